The lowest BCUT2D eigenvalue weighted by Gasteiger charge is -2.32. The van der Waals surface area contributed by atoms with Gasteiger partial charge in [0, 0.05) is 62.5 Å². The highest BCUT2D eigenvalue weighted by Gasteiger charge is 2.51. The number of urea groups is 1. The molecule has 0 bridgehead atoms. The Balaban J connectivity index is 0.000000196. The van der Waals surface area contributed by atoms with Gasteiger partial charge in [-0.3, -0.25) is 19.4 Å². The van der Waals surface area contributed by atoms with E-state index in [0.717, 1.165) is 40.2 Å². The van der Waals surface area contributed by atoms with Crippen LogP contribution in [-0.4, -0.2) is 62.0 Å². The Morgan fingerprint density at radius 2 is 1.01 bits per heavy atom. The second-order valence-corrected chi connectivity index (χ2v) is 21.6. The Hall–Kier alpha value is -6.21. The van der Waals surface area contributed by atoms with Gasteiger partial charge in [0.05, 0.1) is 38.9 Å². The first-order valence-electron chi connectivity index (χ1n) is 23.5. The van der Waals surface area contributed by atoms with E-state index >= 15 is 0 Å². The van der Waals surface area contributed by atoms with Crippen molar-refractivity contribution in [1.82, 2.24) is 0 Å². The van der Waals surface area contributed by atoms with Crippen molar-refractivity contribution in [2.75, 3.05) is 48.7 Å². The van der Waals surface area contributed by atoms with E-state index in [1.54, 1.807) is 99.0 Å². The first-order valence-corrected chi connectivity index (χ1v) is 28.6. The number of Topliss-reactive ketones (excluding diaryl/α,β-unsaturated/α-hetero) is 2. The van der Waals surface area contributed by atoms with Crippen molar-refractivity contribution in [1.29, 1.82) is 0 Å². The first-order chi connectivity index (χ1) is 37.5. The van der Waals surface area contributed by atoms with Crippen LogP contribution in [0.4, 0.5) is 27.5 Å². The molecule has 0 radical (unpaired) electrons. The van der Waals surface area contributed by atoms with Gasteiger partial charge in [-0.25, -0.2) is 9.59 Å². The number of nitrogen functional groups attached to an aromatic ring is 1. The molecule has 1 atom stereocenters. The number of hydrogen-bond donors (Lipinski definition) is 2. The van der Waals surface area contributed by atoms with Gasteiger partial charge in [-0.2, -0.15) is 4.99 Å². The fourth-order valence-corrected chi connectivity index (χ4v) is 8.87. The van der Waals surface area contributed by atoms with Crippen molar-refractivity contribution in [2.45, 2.75) is 18.6 Å². The van der Waals surface area contributed by atoms with Crippen LogP contribution in [0.3, 0.4) is 0 Å². The number of nitrogens with zero attached hydrogens (tertiary/aromatic N) is 3. The van der Waals surface area contributed by atoms with Crippen molar-refractivity contribution in [3.8, 4) is 17.2 Å². The van der Waals surface area contributed by atoms with Gasteiger partial charge in [-0.05, 0) is 158 Å². The van der Waals surface area contributed by atoms with Crippen molar-refractivity contribution >= 4 is 142 Å². The van der Waals surface area contributed by atoms with Crippen LogP contribution in [0.25, 0.3) is 0 Å². The molecular formula is C60H52Br6N4O8. The molecule has 18 heteroatoms. The maximum Gasteiger partial charge on any atom is 0.331 e. The van der Waals surface area contributed by atoms with E-state index in [0.29, 0.717) is 57.0 Å². The van der Waals surface area contributed by atoms with Gasteiger partial charge in [-0.15, -0.1) is 0 Å². The number of β-amino-alcohol motifs (C(OH)–C–C–N with tert-alkyl or cyclic N) is 1. The summed E-state index contributed by atoms with van der Waals surface area (Å²) in [6.07, 6.45) is 2.73. The number of aliphatic imine (C=N–C) groups is 1. The second-order valence-electron chi connectivity index (χ2n) is 16.5. The third kappa shape index (κ3) is 19.3. The van der Waals surface area contributed by atoms with E-state index in [1.165, 1.54) is 16.5 Å². The van der Waals surface area contributed by atoms with E-state index in [2.05, 4.69) is 101 Å². The smallest absolute Gasteiger partial charge is 0.331 e. The lowest BCUT2D eigenvalue weighted by molar-refractivity contribution is 0.0653. The van der Waals surface area contributed by atoms with Crippen molar-refractivity contribution in [2.24, 2.45) is 4.99 Å². The highest BCUT2D eigenvalue weighted by Crippen LogP contribution is 2.41. The minimum atomic E-state index is -1.56. The molecule has 1 saturated heterocycles. The Labute approximate surface area is 504 Å². The molecule has 8 aromatic rings. The molecule has 2 amide bonds. The normalized spacial score (nSPS) is 13.0. The van der Waals surface area contributed by atoms with Crippen molar-refractivity contribution < 1.29 is 38.5 Å². The average Bonchev–Trinajstić information content (AvgIpc) is 3.83. The van der Waals surface area contributed by atoms with Crippen LogP contribution < -0.4 is 29.7 Å². The molecule has 9 rings (SSSR count). The summed E-state index contributed by atoms with van der Waals surface area (Å²) in [6, 6.07) is 58.6. The van der Waals surface area contributed by atoms with Gasteiger partial charge in [-0.1, -0.05) is 144 Å². The molecule has 0 aliphatic carbocycles. The summed E-state index contributed by atoms with van der Waals surface area (Å²) in [7, 11) is 4.76. The molecule has 3 N–H and O–H groups in total. The standard InChI is InChI=1S/C22H18Br2N2O3.C16H15BrO2.C9H9BrO2.C7H4BrNO.C6H6BrN/c1-29-20-4-2-3-15(13-20)22(28)14-25(18-9-5-16(23)6-10-18)21(27)26(22)19-11-7-17(24)8-12-19;1-19-15-4-2-3-13(11-15)16(18)10-7-12-5-8-14(17)9-6-12;1-12-8-4-2-3-7(5-8)9(11)6-10;8-6-1-3-7(4-2-6)9-5-10;7-5-1-3-6(8)4-2-5/h2-13,28H,14H2,1H3;2-6,8-9,11H,7,10H2,1H3;2-5H,6H2,1H3;1-4H;1-4H,8H2. The molecule has 0 aromatic heterocycles. The molecule has 8 aromatic carbocycles. The fraction of sp³-hybridized carbons (Fsp3) is 0.133. The van der Waals surface area contributed by atoms with Crippen LogP contribution in [0.1, 0.15) is 38.3 Å². The minimum absolute atomic E-state index is 0.0638. The van der Waals surface area contributed by atoms with Gasteiger partial charge in [0.15, 0.2) is 17.3 Å². The molecule has 402 valence electrons. The maximum atomic E-state index is 13.5. The number of rotatable bonds is 13. The second kappa shape index (κ2) is 32.0. The van der Waals surface area contributed by atoms with Gasteiger partial charge in [0.2, 0.25) is 6.08 Å². The first kappa shape index (κ1) is 62.6. The van der Waals surface area contributed by atoms with E-state index in [-0.39, 0.29) is 24.1 Å². The number of alkyl halides is 1. The van der Waals surface area contributed by atoms with Crippen LogP contribution in [0.2, 0.25) is 0 Å². The summed E-state index contributed by atoms with van der Waals surface area (Å²) >= 11 is 19.9. The van der Waals surface area contributed by atoms with Crippen molar-refractivity contribution in [3.63, 3.8) is 0 Å². The zero-order chi connectivity index (χ0) is 56.6. The number of carbonyl (C=O) groups excluding carboxylic acids is 4. The van der Waals surface area contributed by atoms with Gasteiger partial charge < -0.3 is 25.1 Å². The van der Waals surface area contributed by atoms with E-state index in [4.69, 9.17) is 19.9 Å². The van der Waals surface area contributed by atoms with E-state index < -0.39 is 5.72 Å². The number of anilines is 3. The Bertz CT molecular complexity index is 3240. The summed E-state index contributed by atoms with van der Waals surface area (Å²) in [5, 5.41) is 12.2. The maximum absolute atomic E-state index is 13.5. The highest BCUT2D eigenvalue weighted by atomic mass is 79.9. The molecule has 0 saturated carbocycles. The van der Waals surface area contributed by atoms with Crippen molar-refractivity contribution in [3.05, 3.63) is 239 Å². The molecule has 1 heterocycles. The topological polar surface area (TPSA) is 161 Å². The third-order valence-electron chi connectivity index (χ3n) is 11.3. The molecule has 1 aliphatic heterocycles. The highest BCUT2D eigenvalue weighted by molar-refractivity contribution is 9.11. The predicted octanol–water partition coefficient (Wildman–Crippen LogP) is 16.5. The van der Waals surface area contributed by atoms with Crippen LogP contribution >= 0.6 is 95.6 Å². The van der Waals surface area contributed by atoms with Gasteiger partial charge in [0.1, 0.15) is 17.2 Å². The molecule has 1 aliphatic rings. The zero-order valence-corrected chi connectivity index (χ0v) is 51.8. The minimum Gasteiger partial charge on any atom is -0.497 e. The Morgan fingerprint density at radius 1 is 0.590 bits per heavy atom. The summed E-state index contributed by atoms with van der Waals surface area (Å²) in [6.45, 7) is 0.0801. The summed E-state index contributed by atoms with van der Waals surface area (Å²) < 4.78 is 20.3. The van der Waals surface area contributed by atoms with Crippen LogP contribution in [0.5, 0.6) is 17.2 Å². The number of benzene rings is 8. The lowest BCUT2D eigenvalue weighted by Crippen LogP contribution is -2.44. The largest absolute Gasteiger partial charge is 0.497 e. The summed E-state index contributed by atoms with van der Waals surface area (Å²) in [4.78, 5) is 52.9. The fourth-order valence-electron chi connectivity index (χ4n) is 7.22. The number of ether oxygens (including phenoxy) is 3. The number of isocyanates is 1. The SMILES string of the molecule is COc1cccc(C(=O)CBr)c1.COc1cccc(C(=O)CCc2ccc(Br)cc2)c1.COc1cccc(C2(O)CN(c3ccc(Br)cc3)C(=O)N2c2ccc(Br)cc2)c1.Nc1ccc(Br)cc1.O=C=Nc1ccc(Br)cc1. The summed E-state index contributed by atoms with van der Waals surface area (Å²) in [5.41, 5.74) is 9.69. The number of aliphatic hydroxyl groups is 1. The Morgan fingerprint density at radius 3 is 1.47 bits per heavy atom. The number of aryl methyl sites for hydroxylation is 1. The number of amides is 2. The van der Waals surface area contributed by atoms with Crippen LogP contribution in [-0.2, 0) is 16.9 Å². The molecule has 1 unspecified atom stereocenters. The number of hydrogen-bond acceptors (Lipinski definition) is 10. The lowest BCUT2D eigenvalue weighted by atomic mass is 10.0. The van der Waals surface area contributed by atoms with Gasteiger partial charge in [0.25, 0.3) is 0 Å². The van der Waals surface area contributed by atoms with E-state index in [1.807, 2.05) is 121 Å². The van der Waals surface area contributed by atoms with E-state index in [9.17, 15) is 24.3 Å². The number of carbonyl (C=O) groups is 3. The zero-order valence-electron chi connectivity index (χ0n) is 42.3. The molecule has 1 fully saturated rings. The molecule has 78 heavy (non-hydrogen) atoms. The Kier molecular flexibility index (Phi) is 25.7. The predicted molar refractivity (Wildman–Crippen MR) is 332 cm³/mol. The number of halogens is 6. The number of nitrogens with two attached hydrogens (primary N) is 1. The number of methoxy groups -OCH3 is 3. The summed E-state index contributed by atoms with van der Waals surface area (Å²) in [5.74, 6) is 2.24. The average molecular weight is 1440 g/mol. The van der Waals surface area contributed by atoms with Crippen LogP contribution in [0, 0.1) is 0 Å². The molecule has 12 nitrogen and oxygen atoms in total. The quantitative estimate of drug-likeness (QED) is 0.0376. The monoisotopic (exact) mass is 1430 g/mol. The third-order valence-corrected chi connectivity index (χ3v) is 14.4. The molecule has 0 spiro atoms. The number of ketones is 2. The van der Waals surface area contributed by atoms with Crippen LogP contribution in [0.15, 0.2) is 221 Å². The molecular weight excluding hydrogens is 1380 g/mol. The van der Waals surface area contributed by atoms with Gasteiger partial charge >= 0.3 is 6.03 Å².